The SMILES string of the molecule is CCOC1CCCN(S(=O)(=O)c2cc(F)ccc2CN)C1. The first-order valence-electron chi connectivity index (χ1n) is 7.09. The lowest BCUT2D eigenvalue weighted by Gasteiger charge is -2.32. The van der Waals surface area contributed by atoms with Crippen molar-refractivity contribution in [2.75, 3.05) is 19.7 Å². The van der Waals surface area contributed by atoms with Crippen molar-refractivity contribution in [2.24, 2.45) is 5.73 Å². The predicted octanol–water partition coefficient (Wildman–Crippen LogP) is 1.47. The van der Waals surface area contributed by atoms with Gasteiger partial charge in [0, 0.05) is 26.2 Å². The number of nitrogens with two attached hydrogens (primary N) is 1. The lowest BCUT2D eigenvalue weighted by molar-refractivity contribution is 0.0265. The largest absolute Gasteiger partial charge is 0.377 e. The zero-order chi connectivity index (χ0) is 15.5. The maximum absolute atomic E-state index is 13.4. The minimum atomic E-state index is -3.75. The summed E-state index contributed by atoms with van der Waals surface area (Å²) in [6, 6.07) is 3.69. The van der Waals surface area contributed by atoms with Crippen molar-refractivity contribution in [3.63, 3.8) is 0 Å². The van der Waals surface area contributed by atoms with E-state index in [9.17, 15) is 12.8 Å². The molecule has 0 spiro atoms. The van der Waals surface area contributed by atoms with Gasteiger partial charge in [-0.25, -0.2) is 12.8 Å². The maximum Gasteiger partial charge on any atom is 0.243 e. The highest BCUT2D eigenvalue weighted by atomic mass is 32.2. The molecule has 5 nitrogen and oxygen atoms in total. The van der Waals surface area contributed by atoms with Gasteiger partial charge in [-0.15, -0.1) is 0 Å². The minimum absolute atomic E-state index is 0.0397. The second-order valence-electron chi connectivity index (χ2n) is 5.04. The van der Waals surface area contributed by atoms with Crippen LogP contribution in [0.4, 0.5) is 4.39 Å². The van der Waals surface area contributed by atoms with Crippen LogP contribution >= 0.6 is 0 Å². The zero-order valence-electron chi connectivity index (χ0n) is 12.1. The highest BCUT2D eigenvalue weighted by Gasteiger charge is 2.32. The molecule has 2 N–H and O–H groups in total. The molecular formula is C14H21FN2O3S. The van der Waals surface area contributed by atoms with E-state index in [0.29, 0.717) is 25.3 Å². The summed E-state index contributed by atoms with van der Waals surface area (Å²) in [6.07, 6.45) is 1.47. The molecule has 1 aliphatic rings. The number of halogens is 1. The summed E-state index contributed by atoms with van der Waals surface area (Å²) in [6.45, 7) is 3.21. The molecule has 0 radical (unpaired) electrons. The van der Waals surface area contributed by atoms with Crippen LogP contribution in [0.2, 0.25) is 0 Å². The molecule has 1 aromatic carbocycles. The maximum atomic E-state index is 13.4. The van der Waals surface area contributed by atoms with Gasteiger partial charge in [0.05, 0.1) is 11.0 Å². The summed E-state index contributed by atoms with van der Waals surface area (Å²) < 4.78 is 45.7. The summed E-state index contributed by atoms with van der Waals surface area (Å²) >= 11 is 0. The van der Waals surface area contributed by atoms with Crippen LogP contribution in [0.1, 0.15) is 25.3 Å². The van der Waals surface area contributed by atoms with Crippen molar-refractivity contribution in [1.82, 2.24) is 4.31 Å². The Balaban J connectivity index is 2.31. The number of rotatable bonds is 5. The number of hydrogen-bond donors (Lipinski definition) is 1. The van der Waals surface area contributed by atoms with Crippen molar-refractivity contribution >= 4 is 10.0 Å². The Morgan fingerprint density at radius 2 is 2.24 bits per heavy atom. The Morgan fingerprint density at radius 3 is 2.90 bits per heavy atom. The van der Waals surface area contributed by atoms with E-state index in [1.54, 1.807) is 0 Å². The average molecular weight is 316 g/mol. The minimum Gasteiger partial charge on any atom is -0.377 e. The summed E-state index contributed by atoms with van der Waals surface area (Å²) in [5.41, 5.74) is 6.00. The summed E-state index contributed by atoms with van der Waals surface area (Å²) in [7, 11) is -3.75. The second kappa shape index (κ2) is 6.83. The van der Waals surface area contributed by atoms with Crippen LogP contribution in [0.5, 0.6) is 0 Å². The fourth-order valence-corrected chi connectivity index (χ4v) is 4.33. The third-order valence-electron chi connectivity index (χ3n) is 3.61. The van der Waals surface area contributed by atoms with E-state index in [-0.39, 0.29) is 17.5 Å². The molecule has 2 rings (SSSR count). The van der Waals surface area contributed by atoms with Crippen molar-refractivity contribution in [3.8, 4) is 0 Å². The Morgan fingerprint density at radius 1 is 1.48 bits per heavy atom. The third-order valence-corrected chi connectivity index (χ3v) is 5.56. The van der Waals surface area contributed by atoms with Gasteiger partial charge in [-0.2, -0.15) is 4.31 Å². The molecule has 1 fully saturated rings. The van der Waals surface area contributed by atoms with Gasteiger partial charge in [0.15, 0.2) is 0 Å². The number of sulfonamides is 1. The molecular weight excluding hydrogens is 295 g/mol. The highest BCUT2D eigenvalue weighted by molar-refractivity contribution is 7.89. The highest BCUT2D eigenvalue weighted by Crippen LogP contribution is 2.25. The van der Waals surface area contributed by atoms with Gasteiger partial charge >= 0.3 is 0 Å². The van der Waals surface area contributed by atoms with Crippen LogP contribution < -0.4 is 5.73 Å². The second-order valence-corrected chi connectivity index (χ2v) is 6.95. The molecule has 1 unspecified atom stereocenters. The predicted molar refractivity (Wildman–Crippen MR) is 77.7 cm³/mol. The molecule has 0 aromatic heterocycles. The van der Waals surface area contributed by atoms with E-state index in [2.05, 4.69) is 0 Å². The smallest absolute Gasteiger partial charge is 0.243 e. The fourth-order valence-electron chi connectivity index (χ4n) is 2.57. The van der Waals surface area contributed by atoms with Gasteiger partial charge in [0.25, 0.3) is 0 Å². The van der Waals surface area contributed by atoms with E-state index in [1.807, 2.05) is 6.92 Å². The topological polar surface area (TPSA) is 72.6 Å². The Labute approximate surface area is 124 Å². The molecule has 1 aromatic rings. The molecule has 0 amide bonds. The molecule has 118 valence electrons. The molecule has 21 heavy (non-hydrogen) atoms. The summed E-state index contributed by atoms with van der Waals surface area (Å²) in [5.74, 6) is -0.579. The van der Waals surface area contributed by atoms with Crippen LogP contribution in [0.3, 0.4) is 0 Å². The molecule has 7 heteroatoms. The molecule has 0 bridgehead atoms. The van der Waals surface area contributed by atoms with Crippen LogP contribution in [-0.2, 0) is 21.3 Å². The van der Waals surface area contributed by atoms with Crippen LogP contribution in [-0.4, -0.2) is 38.5 Å². The molecule has 1 atom stereocenters. The van der Waals surface area contributed by atoms with Crippen molar-refractivity contribution in [3.05, 3.63) is 29.6 Å². The van der Waals surface area contributed by atoms with Gasteiger partial charge in [-0.1, -0.05) is 6.07 Å². The Bertz CT molecular complexity index is 590. The first kappa shape index (κ1) is 16.4. The van der Waals surface area contributed by atoms with Gasteiger partial charge in [0.2, 0.25) is 10.0 Å². The molecule has 0 saturated carbocycles. The van der Waals surface area contributed by atoms with Crippen LogP contribution in [0, 0.1) is 5.82 Å². The summed E-state index contributed by atoms with van der Waals surface area (Å²) in [5, 5.41) is 0. The normalized spacial score (nSPS) is 20.6. The summed E-state index contributed by atoms with van der Waals surface area (Å²) in [4.78, 5) is -0.0397. The van der Waals surface area contributed by atoms with E-state index in [1.165, 1.54) is 16.4 Å². The molecule has 1 saturated heterocycles. The van der Waals surface area contributed by atoms with E-state index < -0.39 is 15.8 Å². The van der Waals surface area contributed by atoms with Crippen LogP contribution in [0.15, 0.2) is 23.1 Å². The lowest BCUT2D eigenvalue weighted by Crippen LogP contribution is -2.43. The average Bonchev–Trinajstić information content (AvgIpc) is 2.48. The standard InChI is InChI=1S/C14H21FN2O3S/c1-2-20-13-4-3-7-17(10-13)21(18,19)14-8-12(15)6-5-11(14)9-16/h5-6,8,13H,2-4,7,9-10,16H2,1H3. The molecule has 1 heterocycles. The number of nitrogens with zero attached hydrogens (tertiary/aromatic N) is 1. The lowest BCUT2D eigenvalue weighted by atomic mass is 10.1. The first-order valence-corrected chi connectivity index (χ1v) is 8.53. The first-order chi connectivity index (χ1) is 9.98. The van der Waals surface area contributed by atoms with Crippen molar-refractivity contribution in [2.45, 2.75) is 37.3 Å². The van der Waals surface area contributed by atoms with Gasteiger partial charge in [-0.05, 0) is 37.5 Å². The van der Waals surface area contributed by atoms with E-state index in [0.717, 1.165) is 18.9 Å². The monoisotopic (exact) mass is 316 g/mol. The number of hydrogen-bond acceptors (Lipinski definition) is 4. The van der Waals surface area contributed by atoms with Crippen molar-refractivity contribution < 1.29 is 17.5 Å². The Hall–Kier alpha value is -1.02. The zero-order valence-corrected chi connectivity index (χ0v) is 12.9. The molecule has 0 aliphatic carbocycles. The van der Waals surface area contributed by atoms with Crippen molar-refractivity contribution in [1.29, 1.82) is 0 Å². The quantitative estimate of drug-likeness (QED) is 0.893. The Kier molecular flexibility index (Phi) is 5.32. The number of piperidine rings is 1. The van der Waals surface area contributed by atoms with Crippen LogP contribution in [0.25, 0.3) is 0 Å². The molecule has 1 aliphatic heterocycles. The van der Waals surface area contributed by atoms with Gasteiger partial charge in [-0.3, -0.25) is 0 Å². The third kappa shape index (κ3) is 3.60. The van der Waals surface area contributed by atoms with Gasteiger partial charge < -0.3 is 10.5 Å². The van der Waals surface area contributed by atoms with E-state index in [4.69, 9.17) is 10.5 Å². The fraction of sp³-hybridized carbons (Fsp3) is 0.571. The van der Waals surface area contributed by atoms with Gasteiger partial charge in [0.1, 0.15) is 5.82 Å². The number of ether oxygens (including phenoxy) is 1. The van der Waals surface area contributed by atoms with E-state index >= 15 is 0 Å². The number of benzene rings is 1.